The van der Waals surface area contributed by atoms with E-state index in [2.05, 4.69) is 29.1 Å². The van der Waals surface area contributed by atoms with Crippen LogP contribution in [0.15, 0.2) is 12.3 Å². The van der Waals surface area contributed by atoms with Gasteiger partial charge in [-0.3, -0.25) is 9.78 Å². The minimum absolute atomic E-state index is 0.243. The summed E-state index contributed by atoms with van der Waals surface area (Å²) >= 11 is 3.09. The van der Waals surface area contributed by atoms with Crippen LogP contribution in [0.1, 0.15) is 67.0 Å². The van der Waals surface area contributed by atoms with E-state index >= 15 is 0 Å². The van der Waals surface area contributed by atoms with Crippen molar-refractivity contribution in [3.63, 3.8) is 0 Å². The van der Waals surface area contributed by atoms with Crippen LogP contribution in [0, 0.1) is 5.92 Å². The molecule has 1 aliphatic rings. The van der Waals surface area contributed by atoms with E-state index < -0.39 is 6.43 Å². The zero-order valence-corrected chi connectivity index (χ0v) is 19.5. The van der Waals surface area contributed by atoms with Gasteiger partial charge in [0.15, 0.2) is 0 Å². The Labute approximate surface area is 189 Å². The number of pyridine rings is 1. The van der Waals surface area contributed by atoms with Crippen molar-refractivity contribution in [2.75, 3.05) is 6.54 Å². The third-order valence-electron chi connectivity index (χ3n) is 5.96. The normalized spacial score (nSPS) is 14.9. The summed E-state index contributed by atoms with van der Waals surface area (Å²) in [6.07, 6.45) is 3.72. The summed E-state index contributed by atoms with van der Waals surface area (Å²) in [6, 6.07) is 1.74. The zero-order valence-electron chi connectivity index (χ0n) is 17.8. The molecule has 0 amide bonds. The number of aromatic nitrogens is 2. The molecular weight excluding hydrogens is 436 g/mol. The molecule has 1 aliphatic heterocycles. The maximum absolute atomic E-state index is 13.4. The summed E-state index contributed by atoms with van der Waals surface area (Å²) in [5.41, 5.74) is 2.22. The second-order valence-electron chi connectivity index (χ2n) is 8.21. The van der Waals surface area contributed by atoms with Crippen LogP contribution in [-0.4, -0.2) is 22.3 Å². The van der Waals surface area contributed by atoms with Crippen molar-refractivity contribution in [1.82, 2.24) is 15.3 Å². The Balaban J connectivity index is 1.66. The fourth-order valence-electron chi connectivity index (χ4n) is 4.03. The molecule has 3 aromatic rings. The van der Waals surface area contributed by atoms with Gasteiger partial charge in [0, 0.05) is 40.9 Å². The van der Waals surface area contributed by atoms with Crippen molar-refractivity contribution in [2.24, 2.45) is 5.92 Å². The largest absolute Gasteiger partial charge is 0.312 e. The van der Waals surface area contributed by atoms with Gasteiger partial charge >= 0.3 is 0 Å². The van der Waals surface area contributed by atoms with E-state index in [1.54, 1.807) is 17.4 Å². The Bertz CT molecular complexity index is 1080. The molecule has 31 heavy (non-hydrogen) atoms. The van der Waals surface area contributed by atoms with E-state index in [0.717, 1.165) is 54.2 Å². The van der Waals surface area contributed by atoms with Crippen LogP contribution in [0.2, 0.25) is 0 Å². The van der Waals surface area contributed by atoms with Crippen molar-refractivity contribution < 1.29 is 13.6 Å². The molecule has 0 bridgehead atoms. The molecule has 4 nitrogen and oxygen atoms in total. The lowest BCUT2D eigenvalue weighted by atomic mass is 9.98. The molecule has 0 fully saturated rings. The van der Waals surface area contributed by atoms with E-state index in [-0.39, 0.29) is 17.0 Å². The van der Waals surface area contributed by atoms with Crippen molar-refractivity contribution >= 4 is 38.7 Å². The fourth-order valence-corrected chi connectivity index (χ4v) is 6.51. The summed E-state index contributed by atoms with van der Waals surface area (Å²) < 4.78 is 27.6. The lowest BCUT2D eigenvalue weighted by Crippen LogP contribution is -2.22. The predicted molar refractivity (Wildman–Crippen MR) is 123 cm³/mol. The third-order valence-corrected chi connectivity index (χ3v) is 8.23. The second kappa shape index (κ2) is 9.79. The Morgan fingerprint density at radius 3 is 2.94 bits per heavy atom. The van der Waals surface area contributed by atoms with Crippen LogP contribution in [0.4, 0.5) is 8.78 Å². The SMILES string of the molecule is CC[C@H](C)CCCC(=O)Cc1sc2c(c1-c1nc3c(C(F)F)nccc3s1)CCNC2. The Morgan fingerprint density at radius 1 is 1.32 bits per heavy atom. The fraction of sp³-hybridized carbons (Fsp3) is 0.522. The molecule has 8 heteroatoms. The van der Waals surface area contributed by atoms with Crippen molar-refractivity contribution in [3.8, 4) is 10.6 Å². The topological polar surface area (TPSA) is 54.9 Å². The van der Waals surface area contributed by atoms with Crippen LogP contribution in [-0.2, 0) is 24.2 Å². The lowest BCUT2D eigenvalue weighted by molar-refractivity contribution is -0.118. The van der Waals surface area contributed by atoms with Crippen LogP contribution in [0.5, 0.6) is 0 Å². The van der Waals surface area contributed by atoms with Gasteiger partial charge in [0.25, 0.3) is 6.43 Å². The van der Waals surface area contributed by atoms with Crippen LogP contribution in [0.25, 0.3) is 20.8 Å². The average molecular weight is 464 g/mol. The van der Waals surface area contributed by atoms with Gasteiger partial charge in [0.05, 0.1) is 4.70 Å². The number of rotatable bonds is 9. The van der Waals surface area contributed by atoms with Crippen molar-refractivity contribution in [1.29, 1.82) is 0 Å². The Morgan fingerprint density at radius 2 is 2.16 bits per heavy atom. The number of halogens is 2. The number of hydrogen-bond acceptors (Lipinski definition) is 6. The third kappa shape index (κ3) is 4.86. The van der Waals surface area contributed by atoms with E-state index in [9.17, 15) is 13.6 Å². The number of thiophene rings is 1. The molecule has 0 radical (unpaired) electrons. The van der Waals surface area contributed by atoms with Gasteiger partial charge in [0.1, 0.15) is 22.0 Å². The Kier molecular flexibility index (Phi) is 7.08. The average Bonchev–Trinajstić information content (AvgIpc) is 3.33. The predicted octanol–water partition coefficient (Wildman–Crippen LogP) is 6.33. The first kappa shape index (κ1) is 22.4. The molecular formula is C23H27F2N3OS2. The molecule has 0 saturated carbocycles. The number of fused-ring (bicyclic) bond motifs is 2. The molecule has 4 heterocycles. The van der Waals surface area contributed by atoms with Crippen LogP contribution < -0.4 is 5.32 Å². The van der Waals surface area contributed by atoms with Crippen molar-refractivity contribution in [3.05, 3.63) is 33.3 Å². The number of nitrogens with one attached hydrogen (secondary N) is 1. The van der Waals surface area contributed by atoms with E-state index in [0.29, 0.717) is 23.5 Å². The van der Waals surface area contributed by atoms with Gasteiger partial charge in [-0.25, -0.2) is 13.8 Å². The minimum atomic E-state index is -2.66. The van der Waals surface area contributed by atoms with Crippen LogP contribution in [0.3, 0.4) is 0 Å². The number of alkyl halides is 2. The number of Topliss-reactive ketones (excluding diaryl/α,β-unsaturated/α-hetero) is 1. The highest BCUT2D eigenvalue weighted by atomic mass is 32.1. The number of carbonyl (C=O) groups is 1. The molecule has 0 aliphatic carbocycles. The summed E-state index contributed by atoms with van der Waals surface area (Å²) in [5.74, 6) is 0.885. The smallest absolute Gasteiger partial charge is 0.282 e. The van der Waals surface area contributed by atoms with E-state index in [1.807, 2.05) is 0 Å². The monoisotopic (exact) mass is 463 g/mol. The summed E-state index contributed by atoms with van der Waals surface area (Å²) in [7, 11) is 0. The molecule has 0 unspecified atom stereocenters. The summed E-state index contributed by atoms with van der Waals surface area (Å²) in [4.78, 5) is 23.5. The highest BCUT2D eigenvalue weighted by Crippen LogP contribution is 2.42. The number of thiazole rings is 1. The first-order chi connectivity index (χ1) is 15.0. The van der Waals surface area contributed by atoms with E-state index in [1.165, 1.54) is 28.0 Å². The molecule has 0 spiro atoms. The molecule has 166 valence electrons. The summed E-state index contributed by atoms with van der Waals surface area (Å²) in [6.45, 7) is 6.05. The van der Waals surface area contributed by atoms with Crippen LogP contribution >= 0.6 is 22.7 Å². The second-order valence-corrected chi connectivity index (χ2v) is 10.4. The lowest BCUT2D eigenvalue weighted by Gasteiger charge is -2.13. The highest BCUT2D eigenvalue weighted by Gasteiger charge is 2.26. The van der Waals surface area contributed by atoms with Gasteiger partial charge in [-0.05, 0) is 36.9 Å². The number of ketones is 1. The van der Waals surface area contributed by atoms with Gasteiger partial charge in [0.2, 0.25) is 0 Å². The first-order valence-corrected chi connectivity index (χ1v) is 12.5. The molecule has 1 atom stereocenters. The van der Waals surface area contributed by atoms with Gasteiger partial charge < -0.3 is 5.32 Å². The quantitative estimate of drug-likeness (QED) is 0.403. The summed E-state index contributed by atoms with van der Waals surface area (Å²) in [5, 5.41) is 4.12. The van der Waals surface area contributed by atoms with Gasteiger partial charge in [-0.2, -0.15) is 0 Å². The van der Waals surface area contributed by atoms with Gasteiger partial charge in [-0.1, -0.05) is 26.7 Å². The molecule has 0 saturated heterocycles. The van der Waals surface area contributed by atoms with E-state index in [4.69, 9.17) is 0 Å². The van der Waals surface area contributed by atoms with Gasteiger partial charge in [-0.15, -0.1) is 22.7 Å². The Hall–Kier alpha value is -1.77. The number of hydrogen-bond donors (Lipinski definition) is 1. The maximum Gasteiger partial charge on any atom is 0.282 e. The minimum Gasteiger partial charge on any atom is -0.312 e. The molecule has 0 aromatic carbocycles. The van der Waals surface area contributed by atoms with Crippen molar-refractivity contribution in [2.45, 2.75) is 65.3 Å². The standard InChI is InChI=1S/C23H27F2N3OS2/c1-3-13(2)5-4-6-14(29)11-17-19(15-7-9-26-12-18(15)30-17)23-28-20-16(31-23)8-10-27-21(20)22(24)25/h8,10,13,22,26H,3-7,9,11-12H2,1-2H3/t13-/m0/s1. The maximum atomic E-state index is 13.4. The zero-order chi connectivity index (χ0) is 22.0. The number of carbonyl (C=O) groups excluding carboxylic acids is 1. The molecule has 1 N–H and O–H groups in total. The number of nitrogens with zero attached hydrogens (tertiary/aromatic N) is 2. The molecule has 3 aromatic heterocycles. The molecule has 4 rings (SSSR count). The highest BCUT2D eigenvalue weighted by molar-refractivity contribution is 7.22. The first-order valence-electron chi connectivity index (χ1n) is 10.9.